The van der Waals surface area contributed by atoms with Crippen molar-refractivity contribution < 1.29 is 14.4 Å². The van der Waals surface area contributed by atoms with Crippen molar-refractivity contribution in [1.82, 2.24) is 10.3 Å². The quantitative estimate of drug-likeness (QED) is 0.817. The molecule has 2 aromatic rings. The van der Waals surface area contributed by atoms with Gasteiger partial charge in [0.2, 0.25) is 17.7 Å². The fraction of sp³-hybridized carbons (Fsp3) is 0.300. The maximum atomic E-state index is 12.3. The number of aryl methyl sites for hydroxylation is 1. The topological polar surface area (TPSA) is 91.4 Å². The lowest BCUT2D eigenvalue weighted by molar-refractivity contribution is -0.126. The predicted octanol–water partition coefficient (Wildman–Crippen LogP) is 1.89. The molecule has 0 radical (unpaired) electrons. The Kier molecular flexibility index (Phi) is 5.80. The van der Waals surface area contributed by atoms with Gasteiger partial charge in [-0.1, -0.05) is 17.7 Å². The van der Waals surface area contributed by atoms with E-state index in [1.165, 1.54) is 0 Å². The van der Waals surface area contributed by atoms with E-state index in [1.54, 1.807) is 29.4 Å². The summed E-state index contributed by atoms with van der Waals surface area (Å²) in [5.41, 5.74) is 2.53. The van der Waals surface area contributed by atoms with E-state index in [-0.39, 0.29) is 37.1 Å². The molecule has 7 nitrogen and oxygen atoms in total. The summed E-state index contributed by atoms with van der Waals surface area (Å²) >= 11 is 0. The zero-order valence-corrected chi connectivity index (χ0v) is 15.1. The van der Waals surface area contributed by atoms with Gasteiger partial charge in [0.15, 0.2) is 0 Å². The van der Waals surface area contributed by atoms with Crippen LogP contribution in [0.1, 0.15) is 18.4 Å². The molecule has 0 aliphatic carbocycles. The third kappa shape index (κ3) is 4.91. The van der Waals surface area contributed by atoms with Crippen molar-refractivity contribution in [2.75, 3.05) is 23.3 Å². The van der Waals surface area contributed by atoms with Gasteiger partial charge in [0.25, 0.3) is 0 Å². The molecule has 3 amide bonds. The standard InChI is InChI=1S/C20H22N4O3/c1-14-4-6-17(7-5-14)24-13-15(11-19(24)26)20(27)22-10-8-18(25)23-16-3-2-9-21-12-16/h2-7,9,12,15H,8,10-11,13H2,1H3,(H,22,27)(H,23,25). The maximum absolute atomic E-state index is 12.3. The molecule has 1 aromatic heterocycles. The third-order valence-electron chi connectivity index (χ3n) is 4.44. The van der Waals surface area contributed by atoms with Crippen molar-refractivity contribution in [3.8, 4) is 0 Å². The second kappa shape index (κ2) is 8.44. The molecule has 27 heavy (non-hydrogen) atoms. The number of hydrogen-bond donors (Lipinski definition) is 2. The van der Waals surface area contributed by atoms with Crippen LogP contribution in [0.4, 0.5) is 11.4 Å². The number of amides is 3. The number of hydrogen-bond acceptors (Lipinski definition) is 4. The lowest BCUT2D eigenvalue weighted by Gasteiger charge is -2.17. The number of benzene rings is 1. The molecule has 1 aliphatic heterocycles. The van der Waals surface area contributed by atoms with Gasteiger partial charge in [-0.3, -0.25) is 19.4 Å². The van der Waals surface area contributed by atoms with Gasteiger partial charge in [-0.25, -0.2) is 0 Å². The van der Waals surface area contributed by atoms with E-state index < -0.39 is 5.92 Å². The van der Waals surface area contributed by atoms with Crippen LogP contribution in [-0.4, -0.2) is 35.8 Å². The Bertz CT molecular complexity index is 821. The van der Waals surface area contributed by atoms with Crippen molar-refractivity contribution >= 4 is 29.1 Å². The van der Waals surface area contributed by atoms with Gasteiger partial charge < -0.3 is 15.5 Å². The van der Waals surface area contributed by atoms with E-state index in [9.17, 15) is 14.4 Å². The smallest absolute Gasteiger partial charge is 0.227 e. The van der Waals surface area contributed by atoms with Gasteiger partial charge in [0.1, 0.15) is 0 Å². The average molecular weight is 366 g/mol. The van der Waals surface area contributed by atoms with Gasteiger partial charge >= 0.3 is 0 Å². The number of carbonyl (C=O) groups is 3. The molecule has 1 unspecified atom stereocenters. The lowest BCUT2D eigenvalue weighted by Crippen LogP contribution is -2.34. The number of pyridine rings is 1. The Morgan fingerprint density at radius 3 is 2.70 bits per heavy atom. The minimum Gasteiger partial charge on any atom is -0.355 e. The molecular formula is C20H22N4O3. The predicted molar refractivity (Wildman–Crippen MR) is 102 cm³/mol. The van der Waals surface area contributed by atoms with E-state index in [1.807, 2.05) is 31.2 Å². The zero-order valence-electron chi connectivity index (χ0n) is 15.1. The van der Waals surface area contributed by atoms with Gasteiger partial charge in [-0.2, -0.15) is 0 Å². The molecule has 2 N–H and O–H groups in total. The minimum atomic E-state index is -0.403. The van der Waals surface area contributed by atoms with Crippen LogP contribution in [-0.2, 0) is 14.4 Å². The first-order valence-corrected chi connectivity index (χ1v) is 8.87. The second-order valence-electron chi connectivity index (χ2n) is 6.57. The highest BCUT2D eigenvalue weighted by Crippen LogP contribution is 2.25. The number of aromatic nitrogens is 1. The molecule has 1 saturated heterocycles. The van der Waals surface area contributed by atoms with E-state index in [2.05, 4.69) is 15.6 Å². The van der Waals surface area contributed by atoms with Gasteiger partial charge in [0, 0.05) is 37.8 Å². The van der Waals surface area contributed by atoms with E-state index in [0.29, 0.717) is 12.2 Å². The third-order valence-corrected chi connectivity index (χ3v) is 4.44. The Labute approximate surface area is 157 Å². The molecule has 3 rings (SSSR count). The molecule has 0 spiro atoms. The number of rotatable bonds is 6. The molecule has 1 aromatic carbocycles. The highest BCUT2D eigenvalue weighted by molar-refractivity contribution is 6.00. The molecule has 140 valence electrons. The summed E-state index contributed by atoms with van der Waals surface area (Å²) in [6, 6.07) is 11.1. The van der Waals surface area contributed by atoms with Crippen LogP contribution in [0, 0.1) is 12.8 Å². The number of anilines is 2. The normalized spacial score (nSPS) is 16.3. The summed E-state index contributed by atoms with van der Waals surface area (Å²) in [6.45, 7) is 2.56. The summed E-state index contributed by atoms with van der Waals surface area (Å²) in [4.78, 5) is 42.0. The molecule has 2 heterocycles. The molecule has 1 fully saturated rings. The maximum Gasteiger partial charge on any atom is 0.227 e. The summed E-state index contributed by atoms with van der Waals surface area (Å²) in [5, 5.41) is 5.46. The Hall–Kier alpha value is -3.22. The van der Waals surface area contributed by atoms with Crippen LogP contribution in [0.3, 0.4) is 0 Å². The summed E-state index contributed by atoms with van der Waals surface area (Å²) < 4.78 is 0. The summed E-state index contributed by atoms with van der Waals surface area (Å²) in [7, 11) is 0. The van der Waals surface area contributed by atoms with Crippen LogP contribution in [0.5, 0.6) is 0 Å². The molecule has 0 saturated carbocycles. The largest absolute Gasteiger partial charge is 0.355 e. The number of nitrogens with one attached hydrogen (secondary N) is 2. The number of nitrogens with zero attached hydrogens (tertiary/aromatic N) is 2. The number of carbonyl (C=O) groups excluding carboxylic acids is 3. The van der Waals surface area contributed by atoms with Crippen molar-refractivity contribution in [3.05, 3.63) is 54.4 Å². The van der Waals surface area contributed by atoms with Crippen LogP contribution in [0.25, 0.3) is 0 Å². The fourth-order valence-corrected chi connectivity index (χ4v) is 2.96. The summed E-state index contributed by atoms with van der Waals surface area (Å²) in [6.07, 6.45) is 3.52. The van der Waals surface area contributed by atoms with Crippen LogP contribution in [0.2, 0.25) is 0 Å². The molecule has 1 atom stereocenters. The van der Waals surface area contributed by atoms with Crippen molar-refractivity contribution in [2.45, 2.75) is 19.8 Å². The zero-order chi connectivity index (χ0) is 19.2. The summed E-state index contributed by atoms with van der Waals surface area (Å²) in [5.74, 6) is -0.868. The minimum absolute atomic E-state index is 0.0617. The fourth-order valence-electron chi connectivity index (χ4n) is 2.96. The molecule has 0 bridgehead atoms. The van der Waals surface area contributed by atoms with Gasteiger partial charge in [-0.05, 0) is 31.2 Å². The molecular weight excluding hydrogens is 344 g/mol. The Balaban J connectivity index is 1.45. The first-order chi connectivity index (χ1) is 13.0. The van der Waals surface area contributed by atoms with Crippen LogP contribution >= 0.6 is 0 Å². The van der Waals surface area contributed by atoms with Crippen molar-refractivity contribution in [1.29, 1.82) is 0 Å². The van der Waals surface area contributed by atoms with Crippen molar-refractivity contribution in [3.63, 3.8) is 0 Å². The second-order valence-corrected chi connectivity index (χ2v) is 6.57. The monoisotopic (exact) mass is 366 g/mol. The highest BCUT2D eigenvalue weighted by Gasteiger charge is 2.34. The Morgan fingerprint density at radius 1 is 1.22 bits per heavy atom. The van der Waals surface area contributed by atoms with E-state index in [4.69, 9.17) is 0 Å². The molecule has 1 aliphatic rings. The van der Waals surface area contributed by atoms with Gasteiger partial charge in [0.05, 0.1) is 17.8 Å². The van der Waals surface area contributed by atoms with Crippen LogP contribution < -0.4 is 15.5 Å². The Morgan fingerprint density at radius 2 is 2.00 bits per heavy atom. The first kappa shape index (κ1) is 18.6. The van der Waals surface area contributed by atoms with Crippen molar-refractivity contribution in [2.24, 2.45) is 5.92 Å². The van der Waals surface area contributed by atoms with E-state index >= 15 is 0 Å². The average Bonchev–Trinajstić information content (AvgIpc) is 3.05. The van der Waals surface area contributed by atoms with E-state index in [0.717, 1.165) is 11.3 Å². The van der Waals surface area contributed by atoms with Gasteiger partial charge in [-0.15, -0.1) is 0 Å². The highest BCUT2D eigenvalue weighted by atomic mass is 16.2. The molecule has 7 heteroatoms. The first-order valence-electron chi connectivity index (χ1n) is 8.87. The lowest BCUT2D eigenvalue weighted by atomic mass is 10.1. The SMILES string of the molecule is Cc1ccc(N2CC(C(=O)NCCC(=O)Nc3cccnc3)CC2=O)cc1. The van der Waals surface area contributed by atoms with Crippen LogP contribution in [0.15, 0.2) is 48.8 Å².